The lowest BCUT2D eigenvalue weighted by atomic mass is 9.98. The molecule has 0 radical (unpaired) electrons. The molecule has 1 fully saturated rings. The smallest absolute Gasteiger partial charge is 0.174 e. The van der Waals surface area contributed by atoms with Crippen molar-refractivity contribution in [3.8, 4) is 0 Å². The number of hydrogen-bond acceptors (Lipinski definition) is 5. The largest absolute Gasteiger partial charge is 0.388 e. The molecular formula is C6H11ClFNO4. The quantitative estimate of drug-likeness (QED) is 0.422. The highest BCUT2D eigenvalue weighted by Crippen LogP contribution is 2.20. The molecule has 0 aliphatic carbocycles. The maximum atomic E-state index is 12.1. The molecule has 1 saturated heterocycles. The fourth-order valence-corrected chi connectivity index (χ4v) is 1.43. The summed E-state index contributed by atoms with van der Waals surface area (Å²) in [5.41, 5.74) is 0. The SMILES string of the molecule is OC1OC(CF)[C@H](O)[C@@H](O)C1NCl. The zero-order valence-electron chi connectivity index (χ0n) is 6.60. The Hall–Kier alpha value is 0.0200. The number of nitrogens with one attached hydrogen (secondary N) is 1. The first-order valence-electron chi connectivity index (χ1n) is 3.73. The zero-order chi connectivity index (χ0) is 10.0. The number of hydrogen-bond donors (Lipinski definition) is 4. The van der Waals surface area contributed by atoms with Crippen molar-refractivity contribution < 1.29 is 24.4 Å². The topological polar surface area (TPSA) is 82.0 Å². The molecule has 0 aromatic carbocycles. The van der Waals surface area contributed by atoms with E-state index >= 15 is 0 Å². The summed E-state index contributed by atoms with van der Waals surface area (Å²) in [6, 6.07) is -1.03. The molecule has 0 amide bonds. The molecule has 0 bridgehead atoms. The van der Waals surface area contributed by atoms with Gasteiger partial charge in [-0.3, -0.25) is 0 Å². The minimum absolute atomic E-state index is 0.982. The maximum absolute atomic E-state index is 12.1. The summed E-state index contributed by atoms with van der Waals surface area (Å²) in [4.78, 5) is 2.04. The first-order chi connectivity index (χ1) is 6.11. The van der Waals surface area contributed by atoms with E-state index in [0.29, 0.717) is 0 Å². The van der Waals surface area contributed by atoms with Crippen molar-refractivity contribution in [3.05, 3.63) is 0 Å². The van der Waals surface area contributed by atoms with Gasteiger partial charge in [-0.2, -0.15) is 0 Å². The zero-order valence-corrected chi connectivity index (χ0v) is 7.36. The molecule has 0 aromatic heterocycles. The number of halogens is 2. The van der Waals surface area contributed by atoms with Gasteiger partial charge in [0.25, 0.3) is 0 Å². The van der Waals surface area contributed by atoms with Gasteiger partial charge in [0.05, 0.1) is 0 Å². The van der Waals surface area contributed by atoms with Crippen molar-refractivity contribution in [1.29, 1.82) is 0 Å². The van der Waals surface area contributed by atoms with Gasteiger partial charge >= 0.3 is 0 Å². The molecule has 1 rings (SSSR count). The first kappa shape index (κ1) is 11.1. The van der Waals surface area contributed by atoms with E-state index in [4.69, 9.17) is 16.9 Å². The molecule has 1 aliphatic rings. The Morgan fingerprint density at radius 3 is 2.38 bits per heavy atom. The van der Waals surface area contributed by atoms with E-state index in [2.05, 4.69) is 4.74 Å². The van der Waals surface area contributed by atoms with Crippen molar-refractivity contribution in [1.82, 2.24) is 4.84 Å². The lowest BCUT2D eigenvalue weighted by Gasteiger charge is -2.38. The predicted molar refractivity (Wildman–Crippen MR) is 41.6 cm³/mol. The van der Waals surface area contributed by atoms with Gasteiger partial charge in [-0.15, -0.1) is 0 Å². The molecule has 1 heterocycles. The first-order valence-corrected chi connectivity index (χ1v) is 4.11. The van der Waals surface area contributed by atoms with Crippen LogP contribution in [-0.2, 0) is 4.74 Å². The predicted octanol–water partition coefficient (Wildman–Crippen LogP) is -1.49. The van der Waals surface area contributed by atoms with E-state index in [1.807, 2.05) is 4.84 Å². The highest BCUT2D eigenvalue weighted by Gasteiger charge is 2.43. The van der Waals surface area contributed by atoms with Gasteiger partial charge in [-0.05, 0) is 11.8 Å². The van der Waals surface area contributed by atoms with Gasteiger partial charge in [0.2, 0.25) is 0 Å². The summed E-state index contributed by atoms with van der Waals surface area (Å²) in [6.45, 7) is -0.982. The maximum Gasteiger partial charge on any atom is 0.174 e. The number of aliphatic hydroxyl groups is 3. The molecule has 13 heavy (non-hydrogen) atoms. The van der Waals surface area contributed by atoms with Crippen LogP contribution in [-0.4, -0.2) is 52.6 Å². The molecule has 78 valence electrons. The Bertz CT molecular complexity index is 175. The normalized spacial score (nSPS) is 46.4. The summed E-state index contributed by atoms with van der Waals surface area (Å²) >= 11 is 5.17. The lowest BCUT2D eigenvalue weighted by Crippen LogP contribution is -2.61. The Morgan fingerprint density at radius 2 is 1.92 bits per heavy atom. The monoisotopic (exact) mass is 215 g/mol. The van der Waals surface area contributed by atoms with Crippen molar-refractivity contribution in [2.75, 3.05) is 6.67 Å². The molecule has 0 saturated carbocycles. The van der Waals surface area contributed by atoms with Crippen molar-refractivity contribution in [2.45, 2.75) is 30.6 Å². The van der Waals surface area contributed by atoms with Crippen LogP contribution in [0.25, 0.3) is 0 Å². The highest BCUT2D eigenvalue weighted by atomic mass is 35.5. The van der Waals surface area contributed by atoms with Crippen LogP contribution in [0.3, 0.4) is 0 Å². The molecule has 1 aliphatic heterocycles. The van der Waals surface area contributed by atoms with E-state index < -0.39 is 37.3 Å². The summed E-state index contributed by atoms with van der Waals surface area (Å²) in [5, 5.41) is 27.7. The second-order valence-corrected chi connectivity index (χ2v) is 3.05. The van der Waals surface area contributed by atoms with Crippen LogP contribution in [0.5, 0.6) is 0 Å². The third-order valence-corrected chi connectivity index (χ3v) is 2.25. The van der Waals surface area contributed by atoms with Crippen LogP contribution < -0.4 is 4.84 Å². The molecule has 0 spiro atoms. The number of alkyl halides is 1. The summed E-state index contributed by atoms with van der Waals surface area (Å²) in [7, 11) is 0. The minimum atomic E-state index is -1.43. The van der Waals surface area contributed by atoms with E-state index in [1.165, 1.54) is 0 Å². The van der Waals surface area contributed by atoms with Crippen molar-refractivity contribution in [3.63, 3.8) is 0 Å². The fraction of sp³-hybridized carbons (Fsp3) is 1.00. The summed E-state index contributed by atoms with van der Waals surface area (Å²) < 4.78 is 16.8. The Labute approximate surface area is 79.2 Å². The molecule has 3 unspecified atom stereocenters. The van der Waals surface area contributed by atoms with Crippen LogP contribution in [0, 0.1) is 0 Å². The van der Waals surface area contributed by atoms with Crippen LogP contribution in [0.1, 0.15) is 0 Å². The molecule has 0 aromatic rings. The second kappa shape index (κ2) is 4.50. The average molecular weight is 216 g/mol. The van der Waals surface area contributed by atoms with Crippen LogP contribution >= 0.6 is 11.8 Å². The Morgan fingerprint density at radius 1 is 1.31 bits per heavy atom. The van der Waals surface area contributed by atoms with E-state index in [9.17, 15) is 14.6 Å². The molecule has 5 atom stereocenters. The summed E-state index contributed by atoms with van der Waals surface area (Å²) in [6.07, 6.45) is -5.41. The van der Waals surface area contributed by atoms with Gasteiger partial charge in [-0.25, -0.2) is 9.23 Å². The molecule has 7 heteroatoms. The van der Waals surface area contributed by atoms with Gasteiger partial charge in [-0.1, -0.05) is 0 Å². The van der Waals surface area contributed by atoms with E-state index in [1.54, 1.807) is 0 Å². The van der Waals surface area contributed by atoms with Crippen molar-refractivity contribution in [2.24, 2.45) is 0 Å². The van der Waals surface area contributed by atoms with Gasteiger partial charge in [0.15, 0.2) is 6.29 Å². The molecule has 4 N–H and O–H groups in total. The number of rotatable bonds is 2. The highest BCUT2D eigenvalue weighted by molar-refractivity contribution is 6.13. The Kier molecular flexibility index (Phi) is 3.84. The molecule has 5 nitrogen and oxygen atoms in total. The fourth-order valence-electron chi connectivity index (χ4n) is 1.19. The lowest BCUT2D eigenvalue weighted by molar-refractivity contribution is -0.247. The van der Waals surface area contributed by atoms with Gasteiger partial charge in [0, 0.05) is 0 Å². The van der Waals surface area contributed by atoms with Crippen molar-refractivity contribution >= 4 is 11.8 Å². The van der Waals surface area contributed by atoms with Crippen LogP contribution in [0.2, 0.25) is 0 Å². The van der Waals surface area contributed by atoms with E-state index in [-0.39, 0.29) is 0 Å². The van der Waals surface area contributed by atoms with E-state index in [0.717, 1.165) is 0 Å². The third kappa shape index (κ3) is 2.09. The Balaban J connectivity index is 2.66. The summed E-state index contributed by atoms with van der Waals surface area (Å²) in [5.74, 6) is 0. The van der Waals surface area contributed by atoms with Gasteiger partial charge < -0.3 is 20.1 Å². The van der Waals surface area contributed by atoms with Crippen LogP contribution in [0.4, 0.5) is 4.39 Å². The molecular weight excluding hydrogens is 205 g/mol. The second-order valence-electron chi connectivity index (χ2n) is 2.84. The number of aliphatic hydroxyl groups excluding tert-OH is 3. The minimum Gasteiger partial charge on any atom is -0.388 e. The average Bonchev–Trinajstić information content (AvgIpc) is 2.12. The standard InChI is InChI=1S/C6H11ClFNO4/c7-9-3-5(11)4(10)2(1-8)13-6(3)12/h2-6,9-12H,1H2/t2?,3?,4-,5-,6?/m0/s1. The van der Waals surface area contributed by atoms with Gasteiger partial charge in [0.1, 0.15) is 31.0 Å². The van der Waals surface area contributed by atoms with Crippen LogP contribution in [0.15, 0.2) is 0 Å². The number of ether oxygens (including phenoxy) is 1. The third-order valence-electron chi connectivity index (χ3n) is 2.00.